The molecule has 1 aliphatic rings. The minimum Gasteiger partial charge on any atom is -0.468 e. The summed E-state index contributed by atoms with van der Waals surface area (Å²) in [6.07, 6.45) is 7.13. The van der Waals surface area contributed by atoms with E-state index >= 15 is 0 Å². The average Bonchev–Trinajstić information content (AvgIpc) is 3.23. The summed E-state index contributed by atoms with van der Waals surface area (Å²) in [5.74, 6) is 1.59. The smallest absolute Gasteiger partial charge is 0.289 e. The predicted octanol–water partition coefficient (Wildman–Crippen LogP) is 3.47. The summed E-state index contributed by atoms with van der Waals surface area (Å²) >= 11 is 0. The van der Waals surface area contributed by atoms with Gasteiger partial charge in [-0.15, -0.1) is 0 Å². The lowest BCUT2D eigenvalue weighted by atomic mass is 9.89. The van der Waals surface area contributed by atoms with Crippen LogP contribution in [0.1, 0.15) is 40.8 Å². The first-order valence-electron chi connectivity index (χ1n) is 9.32. The lowest BCUT2D eigenvalue weighted by Crippen LogP contribution is -2.38. The van der Waals surface area contributed by atoms with Gasteiger partial charge in [-0.2, -0.15) is 0 Å². The maximum atomic E-state index is 12.7. The predicted molar refractivity (Wildman–Crippen MR) is 103 cm³/mol. The number of nitrogens with zero attached hydrogens (tertiary/aromatic N) is 4. The van der Waals surface area contributed by atoms with E-state index in [1.807, 2.05) is 30.2 Å². The van der Waals surface area contributed by atoms with Crippen molar-refractivity contribution in [2.45, 2.75) is 25.7 Å². The Morgan fingerprint density at radius 3 is 2.61 bits per heavy atom. The molecule has 1 aliphatic heterocycles. The van der Waals surface area contributed by atoms with E-state index in [1.165, 1.54) is 7.11 Å². The van der Waals surface area contributed by atoms with Crippen molar-refractivity contribution in [1.82, 2.24) is 19.9 Å². The highest BCUT2D eigenvalue weighted by Crippen LogP contribution is 2.34. The molecule has 0 saturated carbocycles. The van der Waals surface area contributed by atoms with Crippen LogP contribution in [0.2, 0.25) is 0 Å². The molecular weight excluding hydrogens is 356 g/mol. The van der Waals surface area contributed by atoms with Gasteiger partial charge in [0, 0.05) is 49.2 Å². The van der Waals surface area contributed by atoms with E-state index in [-0.39, 0.29) is 11.8 Å². The zero-order valence-electron chi connectivity index (χ0n) is 16.0. The second-order valence-electron chi connectivity index (χ2n) is 6.84. The molecule has 0 aromatic carbocycles. The molecule has 0 bridgehead atoms. The maximum Gasteiger partial charge on any atom is 0.289 e. The summed E-state index contributed by atoms with van der Waals surface area (Å²) in [5, 5.41) is 0. The highest BCUT2D eigenvalue weighted by atomic mass is 16.6. The van der Waals surface area contributed by atoms with Crippen molar-refractivity contribution in [3.63, 3.8) is 0 Å². The molecule has 4 rings (SSSR count). The fraction of sp³-hybridized carbons (Fsp3) is 0.333. The van der Waals surface area contributed by atoms with Gasteiger partial charge in [-0.25, -0.2) is 9.97 Å². The second kappa shape index (κ2) is 7.80. The molecule has 0 atom stereocenters. The molecule has 4 heterocycles. The Morgan fingerprint density at radius 1 is 1.18 bits per heavy atom. The van der Waals surface area contributed by atoms with Gasteiger partial charge in [0.15, 0.2) is 5.76 Å². The van der Waals surface area contributed by atoms with E-state index in [1.54, 1.807) is 24.5 Å². The van der Waals surface area contributed by atoms with Crippen LogP contribution in [0.3, 0.4) is 0 Å². The maximum absolute atomic E-state index is 12.7. The summed E-state index contributed by atoms with van der Waals surface area (Å²) in [4.78, 5) is 27.7. The molecule has 7 heteroatoms. The summed E-state index contributed by atoms with van der Waals surface area (Å²) < 4.78 is 10.4. The van der Waals surface area contributed by atoms with Crippen LogP contribution in [0.15, 0.2) is 47.3 Å². The number of likely N-dealkylation sites (tertiary alicyclic amines) is 1. The standard InChI is InChI=1S/C21H22N4O3/c1-14-23-13-17(15-5-9-22-10-6-15)20(24-14)16-7-11-25(12-8-16)21(26)18-3-4-19(27-2)28-18/h3-6,9-10,13,16H,7-8,11-12H2,1-2H3. The number of methoxy groups -OCH3 is 1. The molecule has 1 fully saturated rings. The summed E-state index contributed by atoms with van der Waals surface area (Å²) in [5.41, 5.74) is 3.14. The molecule has 3 aromatic rings. The van der Waals surface area contributed by atoms with E-state index < -0.39 is 0 Å². The van der Waals surface area contributed by atoms with Crippen molar-refractivity contribution in [3.05, 3.63) is 60.1 Å². The highest BCUT2D eigenvalue weighted by Gasteiger charge is 2.28. The minimum absolute atomic E-state index is 0.102. The van der Waals surface area contributed by atoms with Crippen molar-refractivity contribution < 1.29 is 13.9 Å². The number of aryl methyl sites for hydroxylation is 1. The molecule has 1 amide bonds. The number of amides is 1. The molecule has 28 heavy (non-hydrogen) atoms. The monoisotopic (exact) mass is 378 g/mol. The van der Waals surface area contributed by atoms with Gasteiger partial charge in [0.25, 0.3) is 11.9 Å². The van der Waals surface area contributed by atoms with Crippen molar-refractivity contribution in [3.8, 4) is 17.1 Å². The van der Waals surface area contributed by atoms with Crippen molar-refractivity contribution >= 4 is 5.91 Å². The highest BCUT2D eigenvalue weighted by molar-refractivity contribution is 5.91. The van der Waals surface area contributed by atoms with Crippen LogP contribution in [-0.2, 0) is 0 Å². The van der Waals surface area contributed by atoms with Crippen LogP contribution in [0.25, 0.3) is 11.1 Å². The van der Waals surface area contributed by atoms with Crippen molar-refractivity contribution in [2.75, 3.05) is 20.2 Å². The van der Waals surface area contributed by atoms with Crippen LogP contribution in [0, 0.1) is 6.92 Å². The second-order valence-corrected chi connectivity index (χ2v) is 6.84. The molecule has 0 radical (unpaired) electrons. The molecular formula is C21H22N4O3. The average molecular weight is 378 g/mol. The largest absolute Gasteiger partial charge is 0.468 e. The Morgan fingerprint density at radius 2 is 1.93 bits per heavy atom. The third kappa shape index (κ3) is 3.60. The number of piperidine rings is 1. The van der Waals surface area contributed by atoms with Crippen LogP contribution in [0.4, 0.5) is 0 Å². The number of aromatic nitrogens is 3. The third-order valence-corrected chi connectivity index (χ3v) is 5.09. The van der Waals surface area contributed by atoms with Crippen LogP contribution < -0.4 is 4.74 Å². The first kappa shape index (κ1) is 18.2. The van der Waals surface area contributed by atoms with E-state index in [4.69, 9.17) is 14.1 Å². The number of hydrogen-bond donors (Lipinski definition) is 0. The topological polar surface area (TPSA) is 81.4 Å². The Balaban J connectivity index is 1.51. The van der Waals surface area contributed by atoms with Gasteiger partial charge in [-0.1, -0.05) is 0 Å². The fourth-order valence-electron chi connectivity index (χ4n) is 3.61. The molecule has 1 saturated heterocycles. The summed E-state index contributed by atoms with van der Waals surface area (Å²) in [7, 11) is 1.52. The van der Waals surface area contributed by atoms with Crippen LogP contribution >= 0.6 is 0 Å². The number of carbonyl (C=O) groups is 1. The molecule has 0 spiro atoms. The lowest BCUT2D eigenvalue weighted by Gasteiger charge is -2.32. The van der Waals surface area contributed by atoms with Gasteiger partial charge in [-0.05, 0) is 43.5 Å². The molecule has 7 nitrogen and oxygen atoms in total. The fourth-order valence-corrected chi connectivity index (χ4v) is 3.61. The van der Waals surface area contributed by atoms with Gasteiger partial charge in [0.1, 0.15) is 5.82 Å². The zero-order valence-corrected chi connectivity index (χ0v) is 16.0. The normalized spacial score (nSPS) is 14.9. The van der Waals surface area contributed by atoms with Gasteiger partial charge >= 0.3 is 0 Å². The Hall–Kier alpha value is -3.22. The Labute approximate surface area is 163 Å². The molecule has 144 valence electrons. The number of hydrogen-bond acceptors (Lipinski definition) is 6. The van der Waals surface area contributed by atoms with Gasteiger partial charge in [0.2, 0.25) is 0 Å². The molecule has 0 aliphatic carbocycles. The first-order chi connectivity index (χ1) is 13.7. The number of pyridine rings is 1. The van der Waals surface area contributed by atoms with Gasteiger partial charge in [-0.3, -0.25) is 9.78 Å². The van der Waals surface area contributed by atoms with E-state index in [2.05, 4.69) is 9.97 Å². The Bertz CT molecular complexity index is 963. The minimum atomic E-state index is -0.102. The molecule has 3 aromatic heterocycles. The van der Waals surface area contributed by atoms with Crippen molar-refractivity contribution in [2.24, 2.45) is 0 Å². The SMILES string of the molecule is COc1ccc(C(=O)N2CCC(c3nc(C)ncc3-c3ccncc3)CC2)o1. The van der Waals surface area contributed by atoms with E-state index in [0.717, 1.165) is 35.5 Å². The van der Waals surface area contributed by atoms with Crippen molar-refractivity contribution in [1.29, 1.82) is 0 Å². The summed E-state index contributed by atoms with van der Waals surface area (Å²) in [6, 6.07) is 7.26. The molecule has 0 unspecified atom stereocenters. The van der Waals surface area contributed by atoms with E-state index in [9.17, 15) is 4.79 Å². The first-order valence-corrected chi connectivity index (χ1v) is 9.32. The lowest BCUT2D eigenvalue weighted by molar-refractivity contribution is 0.0674. The number of carbonyl (C=O) groups excluding carboxylic acids is 1. The zero-order chi connectivity index (χ0) is 19.5. The van der Waals surface area contributed by atoms with E-state index in [0.29, 0.717) is 24.8 Å². The number of rotatable bonds is 4. The van der Waals surface area contributed by atoms with Gasteiger partial charge < -0.3 is 14.1 Å². The summed E-state index contributed by atoms with van der Waals surface area (Å²) in [6.45, 7) is 3.22. The number of ether oxygens (including phenoxy) is 1. The Kier molecular flexibility index (Phi) is 5.06. The quantitative estimate of drug-likeness (QED) is 0.691. The van der Waals surface area contributed by atoms with Crippen LogP contribution in [0.5, 0.6) is 5.95 Å². The number of furan rings is 1. The third-order valence-electron chi connectivity index (χ3n) is 5.09. The van der Waals surface area contributed by atoms with Crippen LogP contribution in [-0.4, -0.2) is 46.0 Å². The molecule has 0 N–H and O–H groups in total. The van der Waals surface area contributed by atoms with Gasteiger partial charge in [0.05, 0.1) is 12.8 Å².